The largest absolute Gasteiger partial charge is 0.333 e. The highest BCUT2D eigenvalue weighted by atomic mass is 15.2. The summed E-state index contributed by atoms with van der Waals surface area (Å²) in [5.74, 6) is 0. The van der Waals surface area contributed by atoms with E-state index in [1.807, 2.05) is 0 Å². The highest BCUT2D eigenvalue weighted by Gasteiger charge is 2.39. The smallest absolute Gasteiger partial charge is 0.0654 e. The molecule has 0 spiro atoms. The van der Waals surface area contributed by atoms with Crippen LogP contribution in [0.4, 0.5) is 28.4 Å². The molecule has 0 N–H and O–H groups in total. The summed E-state index contributed by atoms with van der Waals surface area (Å²) in [7, 11) is 0. The maximum atomic E-state index is 2.47. The maximum Gasteiger partial charge on any atom is 0.0654 e. The van der Waals surface area contributed by atoms with Gasteiger partial charge in [0.1, 0.15) is 0 Å². The summed E-state index contributed by atoms with van der Waals surface area (Å²) in [6.45, 7) is 2.34. The van der Waals surface area contributed by atoms with Gasteiger partial charge < -0.3 is 9.80 Å². The van der Waals surface area contributed by atoms with Gasteiger partial charge in [-0.3, -0.25) is 0 Å². The quantitative estimate of drug-likeness (QED) is 0.179. The van der Waals surface area contributed by atoms with Crippen molar-refractivity contribution < 1.29 is 0 Å². The minimum atomic E-state index is -0.136. The van der Waals surface area contributed by atoms with Crippen LogP contribution >= 0.6 is 0 Å². The fraction of sp³-hybridized carbons (Fsp3) is 0.0667. The number of anilines is 5. The fourth-order valence-electron chi connectivity index (χ4n) is 7.10. The summed E-state index contributed by atoms with van der Waals surface area (Å²) < 4.78 is 0. The third-order valence-corrected chi connectivity index (χ3v) is 9.57. The number of allylic oxidation sites excluding steroid dienone is 5. The molecule has 6 aromatic rings. The van der Waals surface area contributed by atoms with Crippen molar-refractivity contribution in [3.8, 4) is 11.1 Å². The molecule has 0 fully saturated rings. The van der Waals surface area contributed by atoms with E-state index >= 15 is 0 Å². The Balaban J connectivity index is 1.14. The molecule has 2 unspecified atom stereocenters. The van der Waals surface area contributed by atoms with E-state index < -0.39 is 0 Å². The second-order valence-corrected chi connectivity index (χ2v) is 12.4. The molecule has 2 atom stereocenters. The lowest BCUT2D eigenvalue weighted by molar-refractivity contribution is 0.450. The number of benzene rings is 6. The van der Waals surface area contributed by atoms with Crippen molar-refractivity contribution >= 4 is 39.2 Å². The van der Waals surface area contributed by atoms with E-state index in [0.717, 1.165) is 11.4 Å². The Hall–Kier alpha value is -5.86. The summed E-state index contributed by atoms with van der Waals surface area (Å²) in [5, 5.41) is 2.46. The van der Waals surface area contributed by atoms with Gasteiger partial charge in [0, 0.05) is 33.6 Å². The van der Waals surface area contributed by atoms with Gasteiger partial charge in [-0.05, 0) is 83.6 Å². The zero-order valence-electron chi connectivity index (χ0n) is 26.4. The summed E-state index contributed by atoms with van der Waals surface area (Å²) in [5.41, 5.74) is 9.35. The van der Waals surface area contributed by atoms with Gasteiger partial charge in [0.25, 0.3) is 0 Å². The number of para-hydroxylation sites is 2. The Morgan fingerprint density at radius 3 is 1.81 bits per heavy atom. The molecule has 0 heterocycles. The molecule has 2 aliphatic carbocycles. The van der Waals surface area contributed by atoms with Crippen molar-refractivity contribution in [3.05, 3.63) is 200 Å². The molecular formula is C45H36N2. The third-order valence-electron chi connectivity index (χ3n) is 9.57. The van der Waals surface area contributed by atoms with Gasteiger partial charge in [0.05, 0.1) is 11.7 Å². The van der Waals surface area contributed by atoms with Gasteiger partial charge in [0.2, 0.25) is 0 Å². The molecule has 47 heavy (non-hydrogen) atoms. The Bertz CT molecular complexity index is 2130. The van der Waals surface area contributed by atoms with Gasteiger partial charge in [-0.15, -0.1) is 0 Å². The number of hydrogen-bond acceptors (Lipinski definition) is 2. The molecule has 0 saturated heterocycles. The Kier molecular flexibility index (Phi) is 7.39. The zero-order chi connectivity index (χ0) is 31.6. The van der Waals surface area contributed by atoms with Crippen LogP contribution in [0.5, 0.6) is 0 Å². The molecule has 0 radical (unpaired) electrons. The van der Waals surface area contributed by atoms with Crippen molar-refractivity contribution in [2.24, 2.45) is 5.41 Å². The molecule has 2 nitrogen and oxygen atoms in total. The molecule has 0 bridgehead atoms. The standard InChI is InChI=1S/C45H36N2/c1-45-33-11-10-16-37(45)17-13-24-44(45)47(39-20-6-3-7-21-39)41-31-27-35(28-32-41)34-25-29-40(30-26-34)46(38-18-4-2-5-19-38)43-23-12-15-36-14-8-9-22-42(36)43/h2-33,44H,1H3. The van der Waals surface area contributed by atoms with Crippen LogP contribution in [0.2, 0.25) is 0 Å². The van der Waals surface area contributed by atoms with E-state index in [1.165, 1.54) is 44.5 Å². The second-order valence-electron chi connectivity index (χ2n) is 12.4. The van der Waals surface area contributed by atoms with Crippen LogP contribution in [0, 0.1) is 5.41 Å². The Labute approximate surface area is 277 Å². The molecule has 2 heteroatoms. The molecule has 226 valence electrons. The minimum Gasteiger partial charge on any atom is -0.333 e. The molecule has 2 aliphatic rings. The summed E-state index contributed by atoms with van der Waals surface area (Å²) in [6, 6.07) is 54.6. The number of fused-ring (bicyclic) bond motifs is 2. The lowest BCUT2D eigenvalue weighted by atomic mass is 9.70. The van der Waals surface area contributed by atoms with E-state index in [4.69, 9.17) is 0 Å². The van der Waals surface area contributed by atoms with Crippen molar-refractivity contribution in [1.29, 1.82) is 0 Å². The van der Waals surface area contributed by atoms with Gasteiger partial charge in [-0.2, -0.15) is 0 Å². The van der Waals surface area contributed by atoms with E-state index in [1.54, 1.807) is 0 Å². The number of rotatable bonds is 7. The van der Waals surface area contributed by atoms with E-state index in [0.29, 0.717) is 0 Å². The van der Waals surface area contributed by atoms with E-state index in [-0.39, 0.29) is 11.5 Å². The predicted molar refractivity (Wildman–Crippen MR) is 200 cm³/mol. The topological polar surface area (TPSA) is 6.48 Å². The van der Waals surface area contributed by atoms with Crippen molar-refractivity contribution in [3.63, 3.8) is 0 Å². The lowest BCUT2D eigenvalue weighted by Crippen LogP contribution is -2.44. The minimum absolute atomic E-state index is 0.134. The van der Waals surface area contributed by atoms with Crippen LogP contribution in [0.25, 0.3) is 21.9 Å². The first kappa shape index (κ1) is 28.6. The van der Waals surface area contributed by atoms with Gasteiger partial charge in [-0.1, -0.05) is 140 Å². The van der Waals surface area contributed by atoms with E-state index in [2.05, 4.69) is 211 Å². The molecular weight excluding hydrogens is 569 g/mol. The summed E-state index contributed by atoms with van der Waals surface area (Å²) in [6.07, 6.45) is 15.7. The maximum absolute atomic E-state index is 2.47. The average Bonchev–Trinajstić information content (AvgIpc) is 3.14. The highest BCUT2D eigenvalue weighted by molar-refractivity contribution is 5.99. The first-order chi connectivity index (χ1) is 23.2. The fourth-order valence-corrected chi connectivity index (χ4v) is 7.10. The predicted octanol–water partition coefficient (Wildman–Crippen LogP) is 12.1. The monoisotopic (exact) mass is 604 g/mol. The van der Waals surface area contributed by atoms with Gasteiger partial charge in [-0.25, -0.2) is 0 Å². The second kappa shape index (κ2) is 12.2. The lowest BCUT2D eigenvalue weighted by Gasteiger charge is -2.45. The SMILES string of the molecule is CC12C=CC=CC1=CC=CC2N(c1ccccc1)c1ccc(-c2ccc(N(c3ccccc3)c3cccc4ccccc34)cc2)cc1. The zero-order valence-corrected chi connectivity index (χ0v) is 26.4. The summed E-state index contributed by atoms with van der Waals surface area (Å²) in [4.78, 5) is 4.82. The number of nitrogens with zero attached hydrogens (tertiary/aromatic N) is 2. The van der Waals surface area contributed by atoms with Crippen LogP contribution in [0.15, 0.2) is 200 Å². The molecule has 8 rings (SSSR count). The molecule has 0 aromatic heterocycles. The first-order valence-corrected chi connectivity index (χ1v) is 16.3. The van der Waals surface area contributed by atoms with Crippen LogP contribution in [0.3, 0.4) is 0 Å². The third kappa shape index (κ3) is 5.28. The van der Waals surface area contributed by atoms with E-state index in [9.17, 15) is 0 Å². The molecule has 0 saturated carbocycles. The average molecular weight is 605 g/mol. The van der Waals surface area contributed by atoms with Crippen LogP contribution in [-0.4, -0.2) is 6.04 Å². The molecule has 0 aliphatic heterocycles. The molecule has 6 aromatic carbocycles. The first-order valence-electron chi connectivity index (χ1n) is 16.3. The Morgan fingerprint density at radius 2 is 1.09 bits per heavy atom. The van der Waals surface area contributed by atoms with Crippen LogP contribution in [-0.2, 0) is 0 Å². The molecule has 0 amide bonds. The van der Waals surface area contributed by atoms with Crippen molar-refractivity contribution in [1.82, 2.24) is 0 Å². The van der Waals surface area contributed by atoms with Gasteiger partial charge in [0.15, 0.2) is 0 Å². The normalized spacial score (nSPS) is 18.1. The van der Waals surface area contributed by atoms with Crippen LogP contribution < -0.4 is 9.80 Å². The highest BCUT2D eigenvalue weighted by Crippen LogP contribution is 2.46. The van der Waals surface area contributed by atoms with Gasteiger partial charge >= 0.3 is 0 Å². The van der Waals surface area contributed by atoms with Crippen molar-refractivity contribution in [2.75, 3.05) is 9.80 Å². The van der Waals surface area contributed by atoms with Crippen LogP contribution in [0.1, 0.15) is 6.92 Å². The summed E-state index contributed by atoms with van der Waals surface area (Å²) >= 11 is 0. The Morgan fingerprint density at radius 1 is 0.511 bits per heavy atom. The van der Waals surface area contributed by atoms with Crippen molar-refractivity contribution in [2.45, 2.75) is 13.0 Å². The number of hydrogen-bond donors (Lipinski definition) is 0.